The number of carbonyl (C=O) groups excluding carboxylic acids is 1. The third kappa shape index (κ3) is 3.03. The highest BCUT2D eigenvalue weighted by molar-refractivity contribution is 9.10. The Morgan fingerprint density at radius 3 is 2.58 bits per heavy atom. The Labute approximate surface area is 117 Å². The molecule has 0 radical (unpaired) electrons. The number of rotatable bonds is 3. The number of ether oxygens (including phenoxy) is 1. The first-order chi connectivity index (χ1) is 8.97. The van der Waals surface area contributed by atoms with Crippen LogP contribution >= 0.6 is 15.9 Å². The van der Waals surface area contributed by atoms with E-state index in [0.717, 1.165) is 0 Å². The Balaban J connectivity index is 2.39. The van der Waals surface area contributed by atoms with Gasteiger partial charge >= 0.3 is 0 Å². The maximum atomic E-state index is 13.4. The minimum atomic E-state index is -0.646. The SMILES string of the molecule is NC(=O)c1ccc(N)cc1Oc1ccc(Br)c(F)c1. The van der Waals surface area contributed by atoms with Crippen LogP contribution in [-0.4, -0.2) is 5.91 Å². The first-order valence-electron chi connectivity index (χ1n) is 5.29. The summed E-state index contributed by atoms with van der Waals surface area (Å²) in [7, 11) is 0. The molecule has 0 aliphatic rings. The summed E-state index contributed by atoms with van der Waals surface area (Å²) in [6, 6.07) is 8.71. The second-order valence-corrected chi connectivity index (χ2v) is 4.65. The van der Waals surface area contributed by atoms with Crippen molar-refractivity contribution in [1.82, 2.24) is 0 Å². The quantitative estimate of drug-likeness (QED) is 0.851. The van der Waals surface area contributed by atoms with Crippen LogP contribution in [0.3, 0.4) is 0 Å². The van der Waals surface area contributed by atoms with E-state index in [1.54, 1.807) is 6.07 Å². The summed E-state index contributed by atoms with van der Waals surface area (Å²) in [5, 5.41) is 0. The van der Waals surface area contributed by atoms with Crippen LogP contribution in [0, 0.1) is 5.82 Å². The molecule has 0 aliphatic heterocycles. The average molecular weight is 325 g/mol. The number of anilines is 1. The van der Waals surface area contributed by atoms with E-state index >= 15 is 0 Å². The molecule has 19 heavy (non-hydrogen) atoms. The molecule has 2 aromatic rings. The molecule has 0 heterocycles. The highest BCUT2D eigenvalue weighted by atomic mass is 79.9. The van der Waals surface area contributed by atoms with Gasteiger partial charge in [0, 0.05) is 17.8 Å². The Kier molecular flexibility index (Phi) is 3.71. The smallest absolute Gasteiger partial charge is 0.252 e. The number of carbonyl (C=O) groups is 1. The van der Waals surface area contributed by atoms with Gasteiger partial charge in [0.15, 0.2) is 0 Å². The number of amides is 1. The maximum absolute atomic E-state index is 13.4. The van der Waals surface area contributed by atoms with Gasteiger partial charge in [0.1, 0.15) is 17.3 Å². The molecule has 0 spiro atoms. The lowest BCUT2D eigenvalue weighted by Crippen LogP contribution is -2.12. The Morgan fingerprint density at radius 2 is 1.95 bits per heavy atom. The van der Waals surface area contributed by atoms with E-state index in [9.17, 15) is 9.18 Å². The molecule has 4 nitrogen and oxygen atoms in total. The van der Waals surface area contributed by atoms with Gasteiger partial charge in [0.25, 0.3) is 5.91 Å². The summed E-state index contributed by atoms with van der Waals surface area (Å²) in [4.78, 5) is 11.3. The number of nitrogens with two attached hydrogens (primary N) is 2. The molecule has 98 valence electrons. The minimum absolute atomic E-state index is 0.178. The molecule has 0 saturated heterocycles. The number of primary amides is 1. The standard InChI is InChI=1S/C13H10BrFN2O2/c14-10-4-2-8(6-11(10)15)19-12-5-7(16)1-3-9(12)13(17)18/h1-6H,16H2,(H2,17,18). The van der Waals surface area contributed by atoms with Crippen LogP contribution in [0.25, 0.3) is 0 Å². The number of benzene rings is 2. The average Bonchev–Trinajstić information content (AvgIpc) is 2.33. The second-order valence-electron chi connectivity index (χ2n) is 3.80. The normalized spacial score (nSPS) is 10.2. The molecule has 0 aromatic heterocycles. The van der Waals surface area contributed by atoms with Crippen molar-refractivity contribution in [2.45, 2.75) is 0 Å². The predicted octanol–water partition coefficient (Wildman–Crippen LogP) is 3.06. The molecule has 0 unspecified atom stereocenters. The topological polar surface area (TPSA) is 78.3 Å². The fourth-order valence-corrected chi connectivity index (χ4v) is 1.74. The van der Waals surface area contributed by atoms with E-state index in [4.69, 9.17) is 16.2 Å². The van der Waals surface area contributed by atoms with Crippen LogP contribution < -0.4 is 16.2 Å². The highest BCUT2D eigenvalue weighted by Gasteiger charge is 2.11. The molecule has 0 bridgehead atoms. The van der Waals surface area contributed by atoms with Gasteiger partial charge in [-0.1, -0.05) is 0 Å². The molecule has 2 rings (SSSR count). The third-order valence-corrected chi connectivity index (χ3v) is 3.03. The lowest BCUT2D eigenvalue weighted by Gasteiger charge is -2.10. The molecule has 1 amide bonds. The number of halogens is 2. The number of hydrogen-bond acceptors (Lipinski definition) is 3. The minimum Gasteiger partial charge on any atom is -0.456 e. The Morgan fingerprint density at radius 1 is 1.21 bits per heavy atom. The van der Waals surface area contributed by atoms with Crippen LogP contribution in [0.5, 0.6) is 11.5 Å². The number of hydrogen-bond donors (Lipinski definition) is 2. The first-order valence-corrected chi connectivity index (χ1v) is 6.09. The van der Waals surface area contributed by atoms with E-state index in [1.807, 2.05) is 0 Å². The van der Waals surface area contributed by atoms with Crippen molar-refractivity contribution < 1.29 is 13.9 Å². The van der Waals surface area contributed by atoms with E-state index in [-0.39, 0.29) is 17.1 Å². The molecular weight excluding hydrogens is 315 g/mol. The van der Waals surface area contributed by atoms with Gasteiger partial charge in [0.05, 0.1) is 10.0 Å². The zero-order valence-corrected chi connectivity index (χ0v) is 11.3. The van der Waals surface area contributed by atoms with Crippen LogP contribution in [0.2, 0.25) is 0 Å². The molecule has 6 heteroatoms. The number of nitrogen functional groups attached to an aromatic ring is 1. The van der Waals surface area contributed by atoms with E-state index in [2.05, 4.69) is 15.9 Å². The van der Waals surface area contributed by atoms with Gasteiger partial charge < -0.3 is 16.2 Å². The molecule has 0 aliphatic carbocycles. The van der Waals surface area contributed by atoms with Gasteiger partial charge in [-0.25, -0.2) is 4.39 Å². The van der Waals surface area contributed by atoms with Crippen molar-refractivity contribution in [3.8, 4) is 11.5 Å². The zero-order valence-electron chi connectivity index (χ0n) is 9.69. The van der Waals surface area contributed by atoms with Crippen molar-refractivity contribution >= 4 is 27.5 Å². The summed E-state index contributed by atoms with van der Waals surface area (Å²) in [6.45, 7) is 0. The maximum Gasteiger partial charge on any atom is 0.252 e. The summed E-state index contributed by atoms with van der Waals surface area (Å²) in [5.41, 5.74) is 11.4. The van der Waals surface area contributed by atoms with Gasteiger partial charge in [-0.3, -0.25) is 4.79 Å². The Bertz CT molecular complexity index is 647. The monoisotopic (exact) mass is 324 g/mol. The van der Waals surface area contributed by atoms with Crippen molar-refractivity contribution in [2.24, 2.45) is 5.73 Å². The summed E-state index contributed by atoms with van der Waals surface area (Å²) in [6.07, 6.45) is 0. The zero-order chi connectivity index (χ0) is 14.0. The summed E-state index contributed by atoms with van der Waals surface area (Å²) in [5.74, 6) is -0.683. The van der Waals surface area contributed by atoms with Crippen LogP contribution in [-0.2, 0) is 0 Å². The van der Waals surface area contributed by atoms with Crippen molar-refractivity contribution in [1.29, 1.82) is 0 Å². The molecule has 0 fully saturated rings. The Hall–Kier alpha value is -2.08. The summed E-state index contributed by atoms with van der Waals surface area (Å²) >= 11 is 3.04. The predicted molar refractivity (Wildman–Crippen MR) is 73.5 cm³/mol. The van der Waals surface area contributed by atoms with Gasteiger partial charge in [0.2, 0.25) is 0 Å². The molecule has 0 saturated carbocycles. The lowest BCUT2D eigenvalue weighted by atomic mass is 10.1. The molecular formula is C13H10BrFN2O2. The largest absolute Gasteiger partial charge is 0.456 e. The van der Waals surface area contributed by atoms with Crippen molar-refractivity contribution in [2.75, 3.05) is 5.73 Å². The fraction of sp³-hybridized carbons (Fsp3) is 0. The van der Waals surface area contributed by atoms with Crippen LogP contribution in [0.15, 0.2) is 40.9 Å². The van der Waals surface area contributed by atoms with Crippen molar-refractivity contribution in [3.05, 3.63) is 52.3 Å². The third-order valence-electron chi connectivity index (χ3n) is 2.39. The van der Waals surface area contributed by atoms with Crippen LogP contribution in [0.4, 0.5) is 10.1 Å². The van der Waals surface area contributed by atoms with E-state index in [0.29, 0.717) is 10.2 Å². The van der Waals surface area contributed by atoms with Gasteiger partial charge in [-0.2, -0.15) is 0 Å². The van der Waals surface area contributed by atoms with E-state index < -0.39 is 11.7 Å². The van der Waals surface area contributed by atoms with Gasteiger partial charge in [-0.15, -0.1) is 0 Å². The van der Waals surface area contributed by atoms with E-state index in [1.165, 1.54) is 30.3 Å². The second kappa shape index (κ2) is 5.27. The highest BCUT2D eigenvalue weighted by Crippen LogP contribution is 2.29. The summed E-state index contributed by atoms with van der Waals surface area (Å²) < 4.78 is 19.1. The molecule has 0 atom stereocenters. The van der Waals surface area contributed by atoms with Crippen LogP contribution in [0.1, 0.15) is 10.4 Å². The first kappa shape index (κ1) is 13.4. The van der Waals surface area contributed by atoms with Gasteiger partial charge in [-0.05, 0) is 40.2 Å². The fourth-order valence-electron chi connectivity index (χ4n) is 1.49. The molecule has 4 N–H and O–H groups in total. The van der Waals surface area contributed by atoms with Crippen molar-refractivity contribution in [3.63, 3.8) is 0 Å². The molecule has 2 aromatic carbocycles. The lowest BCUT2D eigenvalue weighted by molar-refractivity contribution is 0.0998.